The lowest BCUT2D eigenvalue weighted by Gasteiger charge is -2.30. The molecule has 2 unspecified atom stereocenters. The predicted molar refractivity (Wildman–Crippen MR) is 80.2 cm³/mol. The molecule has 1 aromatic rings. The van der Waals surface area contributed by atoms with Gasteiger partial charge in [0, 0.05) is 18.3 Å². The van der Waals surface area contributed by atoms with Crippen molar-refractivity contribution >= 4 is 11.7 Å². The Hall–Kier alpha value is -1.75. The molecule has 0 aromatic heterocycles. The molecule has 1 aliphatic rings. The molecule has 1 heterocycles. The number of methoxy groups -OCH3 is 1. The Morgan fingerprint density at radius 2 is 2.15 bits per heavy atom. The van der Waals surface area contributed by atoms with Gasteiger partial charge in [-0.2, -0.15) is 0 Å². The monoisotopic (exact) mass is 277 g/mol. The molecule has 1 aliphatic heterocycles. The van der Waals surface area contributed by atoms with Gasteiger partial charge in [0.15, 0.2) is 0 Å². The minimum absolute atomic E-state index is 0.172. The number of carbonyl (C=O) groups is 1. The van der Waals surface area contributed by atoms with Crippen LogP contribution in [0.5, 0.6) is 5.75 Å². The first-order chi connectivity index (χ1) is 9.69. The number of carbonyl (C=O) groups excluding carboxylic acids is 1. The molecule has 5 nitrogen and oxygen atoms in total. The first-order valence-corrected chi connectivity index (χ1v) is 7.11. The summed E-state index contributed by atoms with van der Waals surface area (Å²) < 4.78 is 5.08. The number of hydrogen-bond acceptors (Lipinski definition) is 3. The van der Waals surface area contributed by atoms with E-state index in [0.29, 0.717) is 18.5 Å². The van der Waals surface area contributed by atoms with E-state index in [1.54, 1.807) is 7.11 Å². The quantitative estimate of drug-likeness (QED) is 0.790. The predicted octanol–water partition coefficient (Wildman–Crippen LogP) is 2.20. The van der Waals surface area contributed by atoms with Crippen LogP contribution < -0.4 is 20.7 Å². The van der Waals surface area contributed by atoms with Crippen LogP contribution in [-0.2, 0) is 0 Å². The lowest BCUT2D eigenvalue weighted by Crippen LogP contribution is -2.48. The van der Waals surface area contributed by atoms with Gasteiger partial charge in [-0.3, -0.25) is 0 Å². The molecule has 0 radical (unpaired) electrons. The minimum atomic E-state index is -0.172. The maximum Gasteiger partial charge on any atom is 0.319 e. The highest BCUT2D eigenvalue weighted by atomic mass is 16.5. The Morgan fingerprint density at radius 3 is 2.80 bits per heavy atom. The summed E-state index contributed by atoms with van der Waals surface area (Å²) >= 11 is 0. The Bertz CT molecular complexity index is 433. The van der Waals surface area contributed by atoms with Crippen LogP contribution in [0.1, 0.15) is 19.8 Å². The Balaban J connectivity index is 1.76. The van der Waals surface area contributed by atoms with Crippen LogP contribution in [-0.4, -0.2) is 32.3 Å². The zero-order valence-corrected chi connectivity index (χ0v) is 12.1. The number of benzene rings is 1. The number of piperidine rings is 1. The van der Waals surface area contributed by atoms with Gasteiger partial charge >= 0.3 is 6.03 Å². The topological polar surface area (TPSA) is 62.4 Å². The molecule has 110 valence electrons. The Kier molecular flexibility index (Phi) is 5.24. The van der Waals surface area contributed by atoms with Gasteiger partial charge in [-0.05, 0) is 49.6 Å². The van der Waals surface area contributed by atoms with Gasteiger partial charge in [-0.15, -0.1) is 0 Å². The molecule has 0 spiro atoms. The number of anilines is 1. The summed E-state index contributed by atoms with van der Waals surface area (Å²) in [6.45, 7) is 3.92. The van der Waals surface area contributed by atoms with E-state index in [9.17, 15) is 4.79 Å². The minimum Gasteiger partial charge on any atom is -0.497 e. The molecule has 5 heteroatoms. The summed E-state index contributed by atoms with van der Waals surface area (Å²) in [5.41, 5.74) is 0.757. The largest absolute Gasteiger partial charge is 0.497 e. The number of hydrogen-bond donors (Lipinski definition) is 3. The smallest absolute Gasteiger partial charge is 0.319 e. The van der Waals surface area contributed by atoms with Crippen molar-refractivity contribution in [3.63, 3.8) is 0 Å². The van der Waals surface area contributed by atoms with E-state index >= 15 is 0 Å². The number of amides is 2. The summed E-state index contributed by atoms with van der Waals surface area (Å²) in [5.74, 6) is 1.38. The zero-order chi connectivity index (χ0) is 14.4. The van der Waals surface area contributed by atoms with Crippen molar-refractivity contribution < 1.29 is 9.53 Å². The van der Waals surface area contributed by atoms with Crippen LogP contribution in [0, 0.1) is 5.92 Å². The fourth-order valence-corrected chi connectivity index (χ4v) is 2.44. The third-order valence-electron chi connectivity index (χ3n) is 3.76. The van der Waals surface area contributed by atoms with Gasteiger partial charge in [0.05, 0.1) is 7.11 Å². The molecule has 0 saturated carbocycles. The third-order valence-corrected chi connectivity index (χ3v) is 3.76. The van der Waals surface area contributed by atoms with Crippen LogP contribution in [0.3, 0.4) is 0 Å². The van der Waals surface area contributed by atoms with E-state index < -0.39 is 0 Å². The summed E-state index contributed by atoms with van der Waals surface area (Å²) in [5, 5.41) is 9.17. The standard InChI is InChI=1S/C15H23N3O2/c1-11-4-3-9-16-14(11)10-17-15(19)18-12-5-7-13(20-2)8-6-12/h5-8,11,14,16H,3-4,9-10H2,1-2H3,(H2,17,18,19). The highest BCUT2D eigenvalue weighted by molar-refractivity contribution is 5.89. The van der Waals surface area contributed by atoms with Gasteiger partial charge in [0.25, 0.3) is 0 Å². The number of nitrogens with one attached hydrogen (secondary N) is 3. The van der Waals surface area contributed by atoms with E-state index in [0.717, 1.165) is 18.0 Å². The number of ether oxygens (including phenoxy) is 1. The highest BCUT2D eigenvalue weighted by Gasteiger charge is 2.20. The molecular weight excluding hydrogens is 254 g/mol. The van der Waals surface area contributed by atoms with Crippen LogP contribution in [0.15, 0.2) is 24.3 Å². The first kappa shape index (κ1) is 14.7. The molecule has 1 fully saturated rings. The van der Waals surface area contributed by atoms with E-state index in [4.69, 9.17) is 4.74 Å². The van der Waals surface area contributed by atoms with Crippen molar-refractivity contribution in [1.29, 1.82) is 0 Å². The van der Waals surface area contributed by atoms with Crippen LogP contribution in [0.2, 0.25) is 0 Å². The Morgan fingerprint density at radius 1 is 1.40 bits per heavy atom. The van der Waals surface area contributed by atoms with Crippen LogP contribution in [0.25, 0.3) is 0 Å². The SMILES string of the molecule is COc1ccc(NC(=O)NCC2NCCCC2C)cc1. The van der Waals surface area contributed by atoms with E-state index in [2.05, 4.69) is 22.9 Å². The van der Waals surface area contributed by atoms with E-state index in [1.807, 2.05) is 24.3 Å². The highest BCUT2D eigenvalue weighted by Crippen LogP contribution is 2.16. The Labute approximate surface area is 120 Å². The molecule has 20 heavy (non-hydrogen) atoms. The first-order valence-electron chi connectivity index (χ1n) is 7.11. The molecule has 0 aliphatic carbocycles. The fourth-order valence-electron chi connectivity index (χ4n) is 2.44. The van der Waals surface area contributed by atoms with Crippen LogP contribution >= 0.6 is 0 Å². The molecule has 1 saturated heterocycles. The maximum atomic E-state index is 11.8. The molecule has 3 N–H and O–H groups in total. The lowest BCUT2D eigenvalue weighted by atomic mass is 9.93. The average Bonchev–Trinajstić information content (AvgIpc) is 2.47. The second kappa shape index (κ2) is 7.14. The van der Waals surface area contributed by atoms with Crippen molar-refractivity contribution in [3.8, 4) is 5.75 Å². The van der Waals surface area contributed by atoms with Crippen molar-refractivity contribution in [2.75, 3.05) is 25.5 Å². The van der Waals surface area contributed by atoms with Gasteiger partial charge in [-0.25, -0.2) is 4.79 Å². The second-order valence-electron chi connectivity index (χ2n) is 5.24. The van der Waals surface area contributed by atoms with Crippen molar-refractivity contribution in [2.24, 2.45) is 5.92 Å². The number of rotatable bonds is 4. The molecular formula is C15H23N3O2. The van der Waals surface area contributed by atoms with E-state index in [1.165, 1.54) is 12.8 Å². The molecule has 2 amide bonds. The lowest BCUT2D eigenvalue weighted by molar-refractivity contribution is 0.244. The van der Waals surface area contributed by atoms with E-state index in [-0.39, 0.29) is 6.03 Å². The fraction of sp³-hybridized carbons (Fsp3) is 0.533. The van der Waals surface area contributed by atoms with Crippen molar-refractivity contribution in [1.82, 2.24) is 10.6 Å². The maximum absolute atomic E-state index is 11.8. The van der Waals surface area contributed by atoms with Gasteiger partial charge in [0.1, 0.15) is 5.75 Å². The summed E-state index contributed by atoms with van der Waals surface area (Å²) in [6, 6.07) is 7.47. The van der Waals surface area contributed by atoms with Crippen molar-refractivity contribution in [2.45, 2.75) is 25.8 Å². The molecule has 0 bridgehead atoms. The van der Waals surface area contributed by atoms with Crippen molar-refractivity contribution in [3.05, 3.63) is 24.3 Å². The number of urea groups is 1. The third kappa shape index (κ3) is 4.13. The summed E-state index contributed by atoms with van der Waals surface area (Å²) in [4.78, 5) is 11.8. The summed E-state index contributed by atoms with van der Waals surface area (Å²) in [6.07, 6.45) is 2.44. The second-order valence-corrected chi connectivity index (χ2v) is 5.24. The molecule has 2 rings (SSSR count). The van der Waals surface area contributed by atoms with Gasteiger partial charge < -0.3 is 20.7 Å². The molecule has 2 atom stereocenters. The summed E-state index contributed by atoms with van der Waals surface area (Å²) in [7, 11) is 1.62. The average molecular weight is 277 g/mol. The van der Waals surface area contributed by atoms with Crippen LogP contribution in [0.4, 0.5) is 10.5 Å². The van der Waals surface area contributed by atoms with Gasteiger partial charge in [-0.1, -0.05) is 6.92 Å². The normalized spacial score (nSPS) is 22.1. The zero-order valence-electron chi connectivity index (χ0n) is 12.1. The van der Waals surface area contributed by atoms with Gasteiger partial charge in [0.2, 0.25) is 0 Å². The molecule has 1 aromatic carbocycles.